The Bertz CT molecular complexity index is 2940. The average Bonchev–Trinajstić information content (AvgIpc) is 3.99. The number of hydrogen-bond donors (Lipinski definition) is 3. The lowest BCUT2D eigenvalue weighted by Crippen LogP contribution is -2.19. The Morgan fingerprint density at radius 2 is 1.25 bits per heavy atom. The van der Waals surface area contributed by atoms with Crippen LogP contribution in [0.15, 0.2) is 73.1 Å². The van der Waals surface area contributed by atoms with Gasteiger partial charge in [0, 0.05) is 50.4 Å². The molecule has 0 radical (unpaired) electrons. The van der Waals surface area contributed by atoms with E-state index in [1.165, 1.54) is 28.5 Å². The van der Waals surface area contributed by atoms with E-state index >= 15 is 0 Å². The first-order valence-electron chi connectivity index (χ1n) is 18.1. The minimum absolute atomic E-state index is 0. The van der Waals surface area contributed by atoms with Crippen molar-refractivity contribution < 1.29 is 9.50 Å². The number of benzene rings is 4. The largest absolute Gasteiger partial charge is 0.506 e. The minimum atomic E-state index is -0.339. The fourth-order valence-electron chi connectivity index (χ4n) is 7.35. The molecular formula is C42H38BrClFN9OS2. The molecule has 2 aliphatic heterocycles. The Morgan fingerprint density at radius 3 is 1.84 bits per heavy atom. The average molecular weight is 883 g/mol. The van der Waals surface area contributed by atoms with Gasteiger partial charge in [0.1, 0.15) is 38.4 Å². The SMILES string of the molecule is Br.Cc1cc(-c2cc(O)c3nc(C4=CCNCC4)sc3c2)cc2cn(C)nc12.Cl.Cn1cc2cc(-c3cc(F)c4nc(C5=CCNCC5)sc4c3)cc(C#N)c2n1. The molecule has 0 atom stereocenters. The second kappa shape index (κ2) is 16.5. The highest BCUT2D eigenvalue weighted by Gasteiger charge is 2.18. The third-order valence-corrected chi connectivity index (χ3v) is 12.2. The molecular weight excluding hydrogens is 845 g/mol. The molecule has 3 N–H and O–H groups in total. The van der Waals surface area contributed by atoms with E-state index in [9.17, 15) is 14.8 Å². The number of thiazole rings is 2. The molecule has 10 nitrogen and oxygen atoms in total. The van der Waals surface area contributed by atoms with E-state index in [0.717, 1.165) is 103 Å². The van der Waals surface area contributed by atoms with Crippen molar-refractivity contribution in [1.82, 2.24) is 40.2 Å². The Balaban J connectivity index is 0.000000168. The quantitative estimate of drug-likeness (QED) is 0.160. The first-order chi connectivity index (χ1) is 26.7. The third-order valence-electron chi connectivity index (χ3n) is 10.0. The molecule has 0 saturated carbocycles. The highest BCUT2D eigenvalue weighted by Crippen LogP contribution is 2.39. The maximum atomic E-state index is 14.8. The fourth-order valence-corrected chi connectivity index (χ4v) is 9.53. The van der Waals surface area contributed by atoms with Crippen molar-refractivity contribution >= 4 is 105 Å². The van der Waals surface area contributed by atoms with Gasteiger partial charge in [0.25, 0.3) is 0 Å². The monoisotopic (exact) mass is 881 g/mol. The summed E-state index contributed by atoms with van der Waals surface area (Å²) >= 11 is 3.17. The lowest BCUT2D eigenvalue weighted by molar-refractivity contribution is 0.481. The van der Waals surface area contributed by atoms with Gasteiger partial charge in [0.05, 0.1) is 20.5 Å². The summed E-state index contributed by atoms with van der Waals surface area (Å²) in [7, 11) is 3.76. The van der Waals surface area contributed by atoms with Crippen LogP contribution in [0.5, 0.6) is 5.75 Å². The highest BCUT2D eigenvalue weighted by atomic mass is 79.9. The number of aryl methyl sites for hydroxylation is 3. The number of aromatic hydroxyl groups is 1. The molecule has 290 valence electrons. The second-order valence-electron chi connectivity index (χ2n) is 14.0. The summed E-state index contributed by atoms with van der Waals surface area (Å²) in [6.07, 6.45) is 10.1. The van der Waals surface area contributed by atoms with Gasteiger partial charge in [0.2, 0.25) is 0 Å². The smallest absolute Gasteiger partial charge is 0.150 e. The minimum Gasteiger partial charge on any atom is -0.506 e. The first kappa shape index (κ1) is 40.2. The standard InChI is InChI=1S/C21H16FN5S.C21H20N4OS.BrH.ClH/c1-27-11-16-7-13(6-15(10-23)19(16)26-27)14-8-17(22)20-18(9-14)28-21(25-20)12-2-4-24-5-3-12;1-12-7-14(8-16-11-25(2)24-19(12)16)15-9-17(26)20-18(10-15)27-21(23-20)13-3-5-22-6-4-13;;/h2,6-9,11,24H,3-5H2,1H3;3,7-11,22,26H,4-6H2,1-2H3;2*1H. The molecule has 8 aromatic rings. The highest BCUT2D eigenvalue weighted by molar-refractivity contribution is 8.93. The Kier molecular flexibility index (Phi) is 11.6. The van der Waals surface area contributed by atoms with E-state index in [4.69, 9.17) is 4.98 Å². The molecule has 4 aromatic carbocycles. The number of fused-ring (bicyclic) bond motifs is 4. The Labute approximate surface area is 352 Å². The number of hydrogen-bond acceptors (Lipinski definition) is 10. The lowest BCUT2D eigenvalue weighted by Gasteiger charge is -2.10. The van der Waals surface area contributed by atoms with Crippen LogP contribution in [0.1, 0.15) is 34.0 Å². The van der Waals surface area contributed by atoms with Crippen molar-refractivity contribution in [2.75, 3.05) is 26.2 Å². The molecule has 0 aliphatic carbocycles. The summed E-state index contributed by atoms with van der Waals surface area (Å²) in [4.78, 5) is 9.24. The summed E-state index contributed by atoms with van der Waals surface area (Å²) in [6.45, 7) is 5.67. The maximum absolute atomic E-state index is 14.8. The van der Waals surface area contributed by atoms with Gasteiger partial charge >= 0.3 is 0 Å². The van der Waals surface area contributed by atoms with Gasteiger partial charge in [-0.15, -0.1) is 52.1 Å². The van der Waals surface area contributed by atoms with Crippen LogP contribution in [0.25, 0.3) is 75.6 Å². The zero-order chi connectivity index (χ0) is 37.8. The number of rotatable bonds is 4. The van der Waals surface area contributed by atoms with Crippen LogP contribution in [-0.2, 0) is 14.1 Å². The van der Waals surface area contributed by atoms with E-state index in [-0.39, 0.29) is 41.0 Å². The van der Waals surface area contributed by atoms with Gasteiger partial charge in [-0.05, 0) is 120 Å². The van der Waals surface area contributed by atoms with Crippen LogP contribution in [0.2, 0.25) is 0 Å². The van der Waals surface area contributed by atoms with Crippen molar-refractivity contribution in [1.29, 1.82) is 5.26 Å². The van der Waals surface area contributed by atoms with Crippen molar-refractivity contribution in [2.24, 2.45) is 14.1 Å². The number of halogens is 3. The number of phenolic OH excluding ortho intramolecular Hbond substituents is 1. The van der Waals surface area contributed by atoms with Gasteiger partial charge in [0.15, 0.2) is 5.82 Å². The normalized spacial score (nSPS) is 14.1. The maximum Gasteiger partial charge on any atom is 0.150 e. The van der Waals surface area contributed by atoms with Crippen LogP contribution in [0.3, 0.4) is 0 Å². The summed E-state index contributed by atoms with van der Waals surface area (Å²) < 4.78 is 20.2. The van der Waals surface area contributed by atoms with E-state index in [0.29, 0.717) is 22.1 Å². The van der Waals surface area contributed by atoms with Gasteiger partial charge in [-0.25, -0.2) is 14.4 Å². The number of phenols is 1. The van der Waals surface area contributed by atoms with Crippen molar-refractivity contribution in [3.8, 4) is 34.1 Å². The van der Waals surface area contributed by atoms with Gasteiger partial charge in [-0.3, -0.25) is 9.36 Å². The predicted octanol–water partition coefficient (Wildman–Crippen LogP) is 9.48. The summed E-state index contributed by atoms with van der Waals surface area (Å²) in [6, 6.07) is 17.6. The molecule has 57 heavy (non-hydrogen) atoms. The summed E-state index contributed by atoms with van der Waals surface area (Å²) in [5.74, 6) is -0.0993. The van der Waals surface area contributed by atoms with Crippen molar-refractivity contribution in [3.63, 3.8) is 0 Å². The van der Waals surface area contributed by atoms with E-state index in [1.807, 2.05) is 49.4 Å². The summed E-state index contributed by atoms with van der Waals surface area (Å²) in [5.41, 5.74) is 10.5. The van der Waals surface area contributed by atoms with Crippen molar-refractivity contribution in [3.05, 3.63) is 100 Å². The van der Waals surface area contributed by atoms with Crippen LogP contribution >= 0.6 is 52.1 Å². The predicted molar refractivity (Wildman–Crippen MR) is 238 cm³/mol. The van der Waals surface area contributed by atoms with Crippen molar-refractivity contribution in [2.45, 2.75) is 19.8 Å². The first-order valence-corrected chi connectivity index (χ1v) is 19.7. The second-order valence-corrected chi connectivity index (χ2v) is 16.0. The van der Waals surface area contributed by atoms with Crippen LogP contribution < -0.4 is 10.6 Å². The van der Waals surface area contributed by atoms with E-state index in [2.05, 4.69) is 69.2 Å². The van der Waals surface area contributed by atoms with Gasteiger partial charge in [-0.1, -0.05) is 12.2 Å². The number of nitrogens with one attached hydrogen (secondary N) is 2. The molecule has 0 bridgehead atoms. The number of nitriles is 1. The molecule has 10 rings (SSSR count). The number of aromatic nitrogens is 6. The molecule has 4 aromatic heterocycles. The molecule has 0 amide bonds. The van der Waals surface area contributed by atoms with E-state index < -0.39 is 0 Å². The topological polar surface area (TPSA) is 130 Å². The van der Waals surface area contributed by atoms with Gasteiger partial charge < -0.3 is 15.7 Å². The molecule has 0 saturated heterocycles. The number of nitrogens with zero attached hydrogens (tertiary/aromatic N) is 7. The molecule has 15 heteroatoms. The lowest BCUT2D eigenvalue weighted by atomic mass is 10.0. The molecule has 0 unspecified atom stereocenters. The summed E-state index contributed by atoms with van der Waals surface area (Å²) in [5, 5.41) is 39.4. The molecule has 0 spiro atoms. The van der Waals surface area contributed by atoms with Crippen LogP contribution in [0, 0.1) is 24.1 Å². The third kappa shape index (κ3) is 7.83. The van der Waals surface area contributed by atoms with Crippen LogP contribution in [0.4, 0.5) is 4.39 Å². The fraction of sp³-hybridized carbons (Fsp3) is 0.214. The van der Waals surface area contributed by atoms with Crippen LogP contribution in [-0.4, -0.2) is 60.8 Å². The zero-order valence-electron chi connectivity index (χ0n) is 31.3. The molecule has 2 aliphatic rings. The zero-order valence-corrected chi connectivity index (χ0v) is 35.4. The molecule has 0 fully saturated rings. The molecule has 6 heterocycles. The van der Waals surface area contributed by atoms with E-state index in [1.54, 1.807) is 22.1 Å². The Hall–Kier alpha value is -5.01. The Morgan fingerprint density at radius 1 is 0.719 bits per heavy atom. The van der Waals surface area contributed by atoms with Gasteiger partial charge in [-0.2, -0.15) is 15.5 Å².